The molecule has 0 aliphatic heterocycles. The number of carbonyl (C=O) groups excluding carboxylic acids is 2. The number of alkyl halides is 3. The van der Waals surface area contributed by atoms with Gasteiger partial charge in [0.05, 0.1) is 11.5 Å². The average Bonchev–Trinajstić information content (AvgIpc) is 3.15. The van der Waals surface area contributed by atoms with Gasteiger partial charge in [-0.1, -0.05) is 18.2 Å². The fourth-order valence-electron chi connectivity index (χ4n) is 3.27. The number of hydrogen-bond acceptors (Lipinski definition) is 3. The van der Waals surface area contributed by atoms with Gasteiger partial charge in [0.2, 0.25) is 0 Å². The predicted molar refractivity (Wildman–Crippen MR) is 79.9 cm³/mol. The Morgan fingerprint density at radius 1 is 1.21 bits per heavy atom. The second-order valence-electron chi connectivity index (χ2n) is 6.12. The Kier molecular flexibility index (Phi) is 4.34. The molecule has 1 amide bonds. The van der Waals surface area contributed by atoms with Crippen molar-refractivity contribution in [2.45, 2.75) is 19.0 Å². The molecule has 24 heavy (non-hydrogen) atoms. The molecule has 0 heterocycles. The van der Waals surface area contributed by atoms with E-state index in [-0.39, 0.29) is 17.5 Å². The van der Waals surface area contributed by atoms with Crippen LogP contribution in [0, 0.1) is 17.8 Å². The molecule has 4 nitrogen and oxygen atoms in total. The Hall–Kier alpha value is -2.31. The fraction of sp³-hybridized carbons (Fsp3) is 0.412. The van der Waals surface area contributed by atoms with E-state index in [1.807, 2.05) is 6.08 Å². The van der Waals surface area contributed by atoms with Crippen LogP contribution in [-0.4, -0.2) is 18.5 Å². The van der Waals surface area contributed by atoms with E-state index in [0.29, 0.717) is 5.92 Å². The standard InChI is InChI=1S/C17H16F3NO3/c18-17(19,20)12-2-1-3-13(8-12)21-15(22)9-24-16(23)14-7-10-4-5-11(14)6-10/h1-5,8,10-11,14H,6-7,9H2,(H,21,22). The van der Waals surface area contributed by atoms with E-state index in [4.69, 9.17) is 4.74 Å². The number of esters is 1. The zero-order valence-corrected chi connectivity index (χ0v) is 12.7. The first-order valence-corrected chi connectivity index (χ1v) is 7.65. The average molecular weight is 339 g/mol. The minimum absolute atomic E-state index is 0.00808. The van der Waals surface area contributed by atoms with E-state index in [1.165, 1.54) is 12.1 Å². The summed E-state index contributed by atoms with van der Waals surface area (Å²) in [5.74, 6) is -0.728. The van der Waals surface area contributed by atoms with Crippen LogP contribution in [0.15, 0.2) is 36.4 Å². The molecule has 128 valence electrons. The summed E-state index contributed by atoms with van der Waals surface area (Å²) in [5, 5.41) is 2.30. The van der Waals surface area contributed by atoms with Gasteiger partial charge in [0.15, 0.2) is 6.61 Å². The number of fused-ring (bicyclic) bond motifs is 2. The maximum Gasteiger partial charge on any atom is 0.416 e. The Morgan fingerprint density at radius 2 is 2.00 bits per heavy atom. The number of ether oxygens (including phenoxy) is 1. The summed E-state index contributed by atoms with van der Waals surface area (Å²) in [6.45, 7) is -0.507. The molecule has 2 aliphatic rings. The van der Waals surface area contributed by atoms with E-state index in [1.54, 1.807) is 0 Å². The van der Waals surface area contributed by atoms with Crippen molar-refractivity contribution in [3.05, 3.63) is 42.0 Å². The van der Waals surface area contributed by atoms with Gasteiger partial charge < -0.3 is 10.1 Å². The molecule has 2 aliphatic carbocycles. The number of hydrogen-bond donors (Lipinski definition) is 1. The number of benzene rings is 1. The van der Waals surface area contributed by atoms with Gasteiger partial charge >= 0.3 is 12.1 Å². The monoisotopic (exact) mass is 339 g/mol. The molecule has 1 aromatic rings. The van der Waals surface area contributed by atoms with Crippen molar-refractivity contribution in [3.8, 4) is 0 Å². The molecule has 2 bridgehead atoms. The van der Waals surface area contributed by atoms with Crippen LogP contribution in [0.1, 0.15) is 18.4 Å². The Balaban J connectivity index is 1.51. The van der Waals surface area contributed by atoms with Gasteiger partial charge in [0, 0.05) is 5.69 Å². The van der Waals surface area contributed by atoms with E-state index in [9.17, 15) is 22.8 Å². The molecule has 3 unspecified atom stereocenters. The van der Waals surface area contributed by atoms with Gasteiger partial charge in [-0.3, -0.25) is 9.59 Å². The molecule has 1 saturated carbocycles. The number of halogens is 3. The third kappa shape index (κ3) is 3.60. The molecule has 1 aromatic carbocycles. The highest BCUT2D eigenvalue weighted by molar-refractivity contribution is 5.93. The first-order valence-electron chi connectivity index (χ1n) is 7.65. The smallest absolute Gasteiger partial charge is 0.416 e. The van der Waals surface area contributed by atoms with Gasteiger partial charge in [0.25, 0.3) is 5.91 Å². The van der Waals surface area contributed by atoms with Gasteiger partial charge in [0.1, 0.15) is 0 Å². The van der Waals surface area contributed by atoms with Crippen molar-refractivity contribution < 1.29 is 27.5 Å². The van der Waals surface area contributed by atoms with Crippen LogP contribution >= 0.6 is 0 Å². The van der Waals surface area contributed by atoms with Gasteiger partial charge in [-0.25, -0.2) is 0 Å². The number of allylic oxidation sites excluding steroid dienone is 2. The highest BCUT2D eigenvalue weighted by Gasteiger charge is 2.40. The van der Waals surface area contributed by atoms with Crippen molar-refractivity contribution in [3.63, 3.8) is 0 Å². The lowest BCUT2D eigenvalue weighted by Crippen LogP contribution is -2.26. The molecule has 1 fully saturated rings. The van der Waals surface area contributed by atoms with Crippen LogP contribution in [0.4, 0.5) is 18.9 Å². The van der Waals surface area contributed by atoms with Crippen LogP contribution in [0.5, 0.6) is 0 Å². The molecule has 1 N–H and O–H groups in total. The lowest BCUT2D eigenvalue weighted by molar-refractivity contribution is -0.152. The Labute approximate surface area is 136 Å². The summed E-state index contributed by atoms with van der Waals surface area (Å²) in [6, 6.07) is 4.29. The minimum atomic E-state index is -4.48. The molecule has 3 atom stereocenters. The lowest BCUT2D eigenvalue weighted by atomic mass is 9.94. The van der Waals surface area contributed by atoms with Crippen LogP contribution < -0.4 is 5.32 Å². The second-order valence-corrected chi connectivity index (χ2v) is 6.12. The van der Waals surface area contributed by atoms with Crippen molar-refractivity contribution in [2.24, 2.45) is 17.8 Å². The Bertz CT molecular complexity index is 684. The lowest BCUT2D eigenvalue weighted by Gasteiger charge is -2.16. The number of nitrogens with one attached hydrogen (secondary N) is 1. The van der Waals surface area contributed by atoms with Crippen LogP contribution in [-0.2, 0) is 20.5 Å². The summed E-state index contributed by atoms with van der Waals surface area (Å²) >= 11 is 0. The topological polar surface area (TPSA) is 55.4 Å². The summed E-state index contributed by atoms with van der Waals surface area (Å²) < 4.78 is 42.9. The van der Waals surface area contributed by atoms with Gasteiger partial charge in [-0.15, -0.1) is 0 Å². The van der Waals surface area contributed by atoms with Gasteiger partial charge in [-0.2, -0.15) is 13.2 Å². The normalized spacial score (nSPS) is 24.9. The van der Waals surface area contributed by atoms with Crippen molar-refractivity contribution in [2.75, 3.05) is 11.9 Å². The van der Waals surface area contributed by atoms with Crippen LogP contribution in [0.2, 0.25) is 0 Å². The molecule has 0 aromatic heterocycles. The van der Waals surface area contributed by atoms with Crippen LogP contribution in [0.25, 0.3) is 0 Å². The maximum atomic E-state index is 12.6. The largest absolute Gasteiger partial charge is 0.455 e. The quantitative estimate of drug-likeness (QED) is 0.676. The number of anilines is 1. The Morgan fingerprint density at radius 3 is 2.62 bits per heavy atom. The molecule has 0 spiro atoms. The molecular formula is C17H16F3NO3. The molecule has 3 rings (SSSR count). The summed E-state index contributed by atoms with van der Waals surface area (Å²) in [6.07, 6.45) is 1.28. The third-order valence-corrected chi connectivity index (χ3v) is 4.40. The SMILES string of the molecule is O=C(COC(=O)C1CC2C=CC1C2)Nc1cccc(C(F)(F)F)c1. The third-order valence-electron chi connectivity index (χ3n) is 4.40. The van der Waals surface area contributed by atoms with E-state index in [0.717, 1.165) is 25.0 Å². The van der Waals surface area contributed by atoms with E-state index in [2.05, 4.69) is 11.4 Å². The second kappa shape index (κ2) is 6.30. The van der Waals surface area contributed by atoms with Crippen molar-refractivity contribution in [1.29, 1.82) is 0 Å². The molecule has 0 saturated heterocycles. The first kappa shape index (κ1) is 16.5. The highest BCUT2D eigenvalue weighted by Crippen LogP contribution is 2.43. The van der Waals surface area contributed by atoms with E-state index >= 15 is 0 Å². The first-order chi connectivity index (χ1) is 11.3. The number of carbonyl (C=O) groups is 2. The predicted octanol–water partition coefficient (Wildman–Crippen LogP) is 3.40. The zero-order chi connectivity index (χ0) is 17.3. The maximum absolute atomic E-state index is 12.6. The minimum Gasteiger partial charge on any atom is -0.455 e. The van der Waals surface area contributed by atoms with Crippen LogP contribution in [0.3, 0.4) is 0 Å². The zero-order valence-electron chi connectivity index (χ0n) is 12.7. The fourth-order valence-corrected chi connectivity index (χ4v) is 3.27. The van der Waals surface area contributed by atoms with Crippen molar-refractivity contribution in [1.82, 2.24) is 0 Å². The van der Waals surface area contributed by atoms with E-state index < -0.39 is 30.2 Å². The summed E-state index contributed by atoms with van der Waals surface area (Å²) in [7, 11) is 0. The molecule has 7 heteroatoms. The highest BCUT2D eigenvalue weighted by atomic mass is 19.4. The summed E-state index contributed by atoms with van der Waals surface area (Å²) in [4.78, 5) is 23.8. The van der Waals surface area contributed by atoms with Crippen molar-refractivity contribution >= 4 is 17.6 Å². The molecular weight excluding hydrogens is 323 g/mol. The van der Waals surface area contributed by atoms with Gasteiger partial charge in [-0.05, 0) is 42.9 Å². The number of amides is 1. The number of rotatable bonds is 4. The molecule has 0 radical (unpaired) electrons. The summed E-state index contributed by atoms with van der Waals surface area (Å²) in [5.41, 5.74) is -0.847.